The Kier molecular flexibility index (Phi) is 5.08. The molecular weight excluding hydrogens is 255 g/mol. The van der Waals surface area contributed by atoms with Crippen molar-refractivity contribution < 1.29 is 4.79 Å². The molecule has 1 aromatic carbocycles. The first-order chi connectivity index (χ1) is 7.13. The Hall–Kier alpha value is -0.580. The van der Waals surface area contributed by atoms with Gasteiger partial charge in [0.2, 0.25) is 0 Å². The molecule has 2 amide bonds. The second kappa shape index (κ2) is 6.10. The average molecular weight is 265 g/mol. The Morgan fingerprint density at radius 1 is 1.33 bits per heavy atom. The number of thiol groups is 1. The standard InChI is InChI=1S/C9H10Cl2N2OS/c10-7-2-1-6(5-8(7)11)13-9(14)12-3-4-15/h1-2,5,15H,3-4H2,(H2,12,13,14). The van der Waals surface area contributed by atoms with E-state index in [1.54, 1.807) is 18.2 Å². The van der Waals surface area contributed by atoms with Crippen molar-refractivity contribution in [3.8, 4) is 0 Å². The minimum absolute atomic E-state index is 0.289. The van der Waals surface area contributed by atoms with Gasteiger partial charge in [-0.05, 0) is 18.2 Å². The fraction of sp³-hybridized carbons (Fsp3) is 0.222. The maximum Gasteiger partial charge on any atom is 0.319 e. The van der Waals surface area contributed by atoms with Crippen molar-refractivity contribution in [2.75, 3.05) is 17.6 Å². The van der Waals surface area contributed by atoms with Crippen LogP contribution in [0.5, 0.6) is 0 Å². The predicted molar refractivity (Wildman–Crippen MR) is 67.3 cm³/mol. The van der Waals surface area contributed by atoms with Crippen LogP contribution in [-0.4, -0.2) is 18.3 Å². The topological polar surface area (TPSA) is 41.1 Å². The fourth-order valence-electron chi connectivity index (χ4n) is 0.919. The Bertz CT molecular complexity index is 360. The summed E-state index contributed by atoms with van der Waals surface area (Å²) in [5.41, 5.74) is 0.598. The number of anilines is 1. The predicted octanol–water partition coefficient (Wildman–Crippen LogP) is 3.04. The summed E-state index contributed by atoms with van der Waals surface area (Å²) in [6.45, 7) is 0.510. The fourth-order valence-corrected chi connectivity index (χ4v) is 1.33. The number of benzene rings is 1. The van der Waals surface area contributed by atoms with Gasteiger partial charge in [-0.25, -0.2) is 4.79 Å². The Labute approximate surface area is 104 Å². The van der Waals surface area contributed by atoms with Crippen molar-refractivity contribution in [1.29, 1.82) is 0 Å². The number of carbonyl (C=O) groups excluding carboxylic acids is 1. The molecule has 15 heavy (non-hydrogen) atoms. The molecule has 0 bridgehead atoms. The number of amides is 2. The quantitative estimate of drug-likeness (QED) is 0.722. The van der Waals surface area contributed by atoms with E-state index in [-0.39, 0.29) is 6.03 Å². The molecule has 2 N–H and O–H groups in total. The molecule has 0 atom stereocenters. The lowest BCUT2D eigenvalue weighted by atomic mass is 10.3. The zero-order valence-electron chi connectivity index (χ0n) is 7.76. The number of urea groups is 1. The lowest BCUT2D eigenvalue weighted by molar-refractivity contribution is 0.252. The van der Waals surface area contributed by atoms with Crippen molar-refractivity contribution >= 4 is 47.5 Å². The van der Waals surface area contributed by atoms with E-state index in [9.17, 15) is 4.79 Å². The van der Waals surface area contributed by atoms with E-state index in [0.29, 0.717) is 28.0 Å². The van der Waals surface area contributed by atoms with E-state index in [2.05, 4.69) is 23.3 Å². The SMILES string of the molecule is O=C(NCCS)Nc1ccc(Cl)c(Cl)c1. The molecule has 0 spiro atoms. The molecule has 3 nitrogen and oxygen atoms in total. The van der Waals surface area contributed by atoms with Gasteiger partial charge in [-0.1, -0.05) is 23.2 Å². The minimum Gasteiger partial charge on any atom is -0.337 e. The number of halogens is 2. The number of nitrogens with one attached hydrogen (secondary N) is 2. The summed E-state index contributed by atoms with van der Waals surface area (Å²) in [6, 6.07) is 4.60. The van der Waals surface area contributed by atoms with E-state index in [1.807, 2.05) is 0 Å². The second-order valence-corrected chi connectivity index (χ2v) is 4.00. The molecule has 1 rings (SSSR count). The molecular formula is C9H10Cl2N2OS. The highest BCUT2D eigenvalue weighted by Gasteiger charge is 2.02. The Balaban J connectivity index is 2.57. The molecule has 0 aliphatic carbocycles. The van der Waals surface area contributed by atoms with Gasteiger partial charge in [0.25, 0.3) is 0 Å². The van der Waals surface area contributed by atoms with Gasteiger partial charge in [0.15, 0.2) is 0 Å². The molecule has 0 radical (unpaired) electrons. The van der Waals surface area contributed by atoms with Gasteiger partial charge < -0.3 is 10.6 Å². The van der Waals surface area contributed by atoms with Crippen LogP contribution in [-0.2, 0) is 0 Å². The summed E-state index contributed by atoms with van der Waals surface area (Å²) in [6.07, 6.45) is 0. The van der Waals surface area contributed by atoms with E-state index in [1.165, 1.54) is 0 Å². The first-order valence-corrected chi connectivity index (χ1v) is 5.63. The van der Waals surface area contributed by atoms with Gasteiger partial charge in [-0.15, -0.1) is 0 Å². The van der Waals surface area contributed by atoms with Crippen LogP contribution in [0, 0.1) is 0 Å². The molecule has 0 fully saturated rings. The molecule has 0 saturated carbocycles. The Morgan fingerprint density at radius 3 is 2.67 bits per heavy atom. The summed E-state index contributed by atoms with van der Waals surface area (Å²) in [5.74, 6) is 0.592. The third-order valence-electron chi connectivity index (χ3n) is 1.57. The molecule has 0 aliphatic heterocycles. The van der Waals surface area contributed by atoms with Crippen LogP contribution in [0.15, 0.2) is 18.2 Å². The molecule has 1 aromatic rings. The van der Waals surface area contributed by atoms with Crippen molar-refractivity contribution in [2.24, 2.45) is 0 Å². The summed E-state index contributed by atoms with van der Waals surface area (Å²) >= 11 is 15.5. The zero-order valence-corrected chi connectivity index (χ0v) is 10.2. The molecule has 0 aliphatic rings. The van der Waals surface area contributed by atoms with Gasteiger partial charge in [0.1, 0.15) is 0 Å². The third-order valence-corrected chi connectivity index (χ3v) is 2.54. The van der Waals surface area contributed by atoms with Crippen LogP contribution in [0.2, 0.25) is 10.0 Å². The van der Waals surface area contributed by atoms with Gasteiger partial charge >= 0.3 is 6.03 Å². The summed E-state index contributed by atoms with van der Waals surface area (Å²) in [4.78, 5) is 11.2. The largest absolute Gasteiger partial charge is 0.337 e. The Morgan fingerprint density at radius 2 is 2.07 bits per heavy atom. The highest BCUT2D eigenvalue weighted by atomic mass is 35.5. The third kappa shape index (κ3) is 4.20. The van der Waals surface area contributed by atoms with Crippen molar-refractivity contribution in [2.45, 2.75) is 0 Å². The minimum atomic E-state index is -0.289. The van der Waals surface area contributed by atoms with E-state index < -0.39 is 0 Å². The number of carbonyl (C=O) groups is 1. The van der Waals surface area contributed by atoms with Crippen LogP contribution in [0.1, 0.15) is 0 Å². The van der Waals surface area contributed by atoms with Crippen LogP contribution in [0.25, 0.3) is 0 Å². The van der Waals surface area contributed by atoms with Crippen LogP contribution in [0.4, 0.5) is 10.5 Å². The smallest absolute Gasteiger partial charge is 0.319 e. The molecule has 82 valence electrons. The summed E-state index contributed by atoms with van der Waals surface area (Å²) < 4.78 is 0. The van der Waals surface area contributed by atoms with Gasteiger partial charge in [0, 0.05) is 18.0 Å². The van der Waals surface area contributed by atoms with E-state index in [4.69, 9.17) is 23.2 Å². The lowest BCUT2D eigenvalue weighted by Crippen LogP contribution is -2.30. The van der Waals surface area contributed by atoms with Crippen LogP contribution in [0.3, 0.4) is 0 Å². The lowest BCUT2D eigenvalue weighted by Gasteiger charge is -2.07. The van der Waals surface area contributed by atoms with Gasteiger partial charge in [0.05, 0.1) is 10.0 Å². The summed E-state index contributed by atoms with van der Waals surface area (Å²) in [7, 11) is 0. The van der Waals surface area contributed by atoms with Gasteiger partial charge in [-0.3, -0.25) is 0 Å². The maximum atomic E-state index is 11.2. The van der Waals surface area contributed by atoms with Crippen LogP contribution < -0.4 is 10.6 Å². The average Bonchev–Trinajstić information content (AvgIpc) is 2.20. The highest BCUT2D eigenvalue weighted by molar-refractivity contribution is 7.80. The summed E-state index contributed by atoms with van der Waals surface area (Å²) in [5, 5.41) is 6.09. The molecule has 0 heterocycles. The number of rotatable bonds is 3. The molecule has 0 unspecified atom stereocenters. The number of hydrogen-bond acceptors (Lipinski definition) is 2. The first kappa shape index (κ1) is 12.5. The van der Waals surface area contributed by atoms with Crippen molar-refractivity contribution in [1.82, 2.24) is 5.32 Å². The molecule has 0 saturated heterocycles. The maximum absolute atomic E-state index is 11.2. The number of hydrogen-bond donors (Lipinski definition) is 3. The van der Waals surface area contributed by atoms with E-state index in [0.717, 1.165) is 0 Å². The van der Waals surface area contributed by atoms with Crippen molar-refractivity contribution in [3.63, 3.8) is 0 Å². The molecule has 0 aromatic heterocycles. The highest BCUT2D eigenvalue weighted by Crippen LogP contribution is 2.24. The normalized spacial score (nSPS) is 9.80. The van der Waals surface area contributed by atoms with Gasteiger partial charge in [-0.2, -0.15) is 12.6 Å². The van der Waals surface area contributed by atoms with Crippen LogP contribution >= 0.6 is 35.8 Å². The molecule has 6 heteroatoms. The van der Waals surface area contributed by atoms with E-state index >= 15 is 0 Å². The first-order valence-electron chi connectivity index (χ1n) is 4.24. The monoisotopic (exact) mass is 264 g/mol. The zero-order chi connectivity index (χ0) is 11.3. The second-order valence-electron chi connectivity index (χ2n) is 2.73. The van der Waals surface area contributed by atoms with Crippen molar-refractivity contribution in [3.05, 3.63) is 28.2 Å².